The molecule has 0 aliphatic carbocycles. The first-order valence-electron chi connectivity index (χ1n) is 4.77. The average molecular weight is 203 g/mol. The Morgan fingerprint density at radius 2 is 2.20 bits per heavy atom. The van der Waals surface area contributed by atoms with Gasteiger partial charge in [0.15, 0.2) is 5.82 Å². The predicted molar refractivity (Wildman–Crippen MR) is 56.5 cm³/mol. The Hall–Kier alpha value is -1.75. The maximum absolute atomic E-state index is 5.65. The van der Waals surface area contributed by atoms with Crippen molar-refractivity contribution in [2.45, 2.75) is 20.4 Å². The topological polar surface area (TPSA) is 69.6 Å². The number of hydrogen-bond donors (Lipinski definition) is 1. The van der Waals surface area contributed by atoms with Crippen LogP contribution in [0.1, 0.15) is 17.0 Å². The summed E-state index contributed by atoms with van der Waals surface area (Å²) < 4.78 is 1.77. The highest BCUT2D eigenvalue weighted by Gasteiger charge is 2.11. The summed E-state index contributed by atoms with van der Waals surface area (Å²) in [6, 6.07) is 3.70. The van der Waals surface area contributed by atoms with Crippen LogP contribution in [-0.4, -0.2) is 20.0 Å². The lowest BCUT2D eigenvalue weighted by Gasteiger charge is -2.01. The monoisotopic (exact) mass is 203 g/mol. The third-order valence-electron chi connectivity index (χ3n) is 2.42. The molecule has 2 rings (SSSR count). The van der Waals surface area contributed by atoms with Gasteiger partial charge in [0.05, 0.1) is 5.69 Å². The minimum Gasteiger partial charge on any atom is -0.326 e. The van der Waals surface area contributed by atoms with Gasteiger partial charge in [0.25, 0.3) is 0 Å². The Balaban J connectivity index is 2.55. The summed E-state index contributed by atoms with van der Waals surface area (Å²) in [6.07, 6.45) is 1.64. The van der Waals surface area contributed by atoms with E-state index in [-0.39, 0.29) is 0 Å². The lowest BCUT2D eigenvalue weighted by molar-refractivity contribution is 0.780. The molecule has 0 atom stereocenters. The molecule has 0 saturated heterocycles. The van der Waals surface area contributed by atoms with Crippen LogP contribution < -0.4 is 5.73 Å². The maximum atomic E-state index is 5.65. The van der Waals surface area contributed by atoms with E-state index in [1.165, 1.54) is 0 Å². The molecule has 5 heteroatoms. The largest absolute Gasteiger partial charge is 0.326 e. The van der Waals surface area contributed by atoms with Gasteiger partial charge in [-0.3, -0.25) is 0 Å². The summed E-state index contributed by atoms with van der Waals surface area (Å²) in [5, 5.41) is 12.2. The maximum Gasteiger partial charge on any atom is 0.175 e. The van der Waals surface area contributed by atoms with Crippen molar-refractivity contribution in [1.82, 2.24) is 20.0 Å². The van der Waals surface area contributed by atoms with Gasteiger partial charge in [0.1, 0.15) is 0 Å². The fourth-order valence-corrected chi connectivity index (χ4v) is 1.60. The first-order chi connectivity index (χ1) is 7.24. The molecule has 15 heavy (non-hydrogen) atoms. The van der Waals surface area contributed by atoms with Crippen LogP contribution in [0.3, 0.4) is 0 Å². The molecule has 0 amide bonds. The molecule has 2 aromatic heterocycles. The summed E-state index contributed by atoms with van der Waals surface area (Å²) >= 11 is 0. The van der Waals surface area contributed by atoms with Crippen molar-refractivity contribution < 1.29 is 0 Å². The Bertz CT molecular complexity index is 460. The number of rotatable bonds is 2. The summed E-state index contributed by atoms with van der Waals surface area (Å²) in [7, 11) is 0. The van der Waals surface area contributed by atoms with Crippen LogP contribution in [0.4, 0.5) is 0 Å². The third kappa shape index (κ3) is 1.61. The lowest BCUT2D eigenvalue weighted by atomic mass is 10.2. The highest BCUT2D eigenvalue weighted by Crippen LogP contribution is 2.15. The van der Waals surface area contributed by atoms with Crippen molar-refractivity contribution in [3.8, 4) is 5.82 Å². The Morgan fingerprint density at radius 3 is 2.73 bits per heavy atom. The minimum absolute atomic E-state index is 0.498. The first-order valence-corrected chi connectivity index (χ1v) is 4.77. The van der Waals surface area contributed by atoms with Gasteiger partial charge in [-0.15, -0.1) is 5.10 Å². The molecule has 0 aliphatic heterocycles. The van der Waals surface area contributed by atoms with Crippen molar-refractivity contribution >= 4 is 0 Å². The van der Waals surface area contributed by atoms with Crippen LogP contribution in [0.2, 0.25) is 0 Å². The molecule has 2 aromatic rings. The summed E-state index contributed by atoms with van der Waals surface area (Å²) in [4.78, 5) is 0. The molecule has 0 aromatic carbocycles. The van der Waals surface area contributed by atoms with E-state index < -0.39 is 0 Å². The summed E-state index contributed by atoms with van der Waals surface area (Å²) in [5.41, 5.74) is 8.69. The standard InChI is InChI=1S/C10H13N5/c1-7-9(6-11)8(2)15(14-7)10-4-3-5-12-13-10/h3-5H,6,11H2,1-2H3. The van der Waals surface area contributed by atoms with E-state index in [1.807, 2.05) is 26.0 Å². The molecular formula is C10H13N5. The fraction of sp³-hybridized carbons (Fsp3) is 0.300. The molecular weight excluding hydrogens is 190 g/mol. The van der Waals surface area contributed by atoms with E-state index in [2.05, 4.69) is 15.3 Å². The normalized spacial score (nSPS) is 10.6. The Morgan fingerprint density at radius 1 is 1.40 bits per heavy atom. The molecule has 2 N–H and O–H groups in total. The number of aryl methyl sites for hydroxylation is 1. The van der Waals surface area contributed by atoms with E-state index >= 15 is 0 Å². The van der Waals surface area contributed by atoms with Gasteiger partial charge >= 0.3 is 0 Å². The van der Waals surface area contributed by atoms with E-state index in [4.69, 9.17) is 5.73 Å². The SMILES string of the molecule is Cc1nn(-c2cccnn2)c(C)c1CN. The van der Waals surface area contributed by atoms with Crippen LogP contribution in [0.15, 0.2) is 18.3 Å². The summed E-state index contributed by atoms with van der Waals surface area (Å²) in [6.45, 7) is 4.43. The molecule has 0 bridgehead atoms. The van der Waals surface area contributed by atoms with Crippen molar-refractivity contribution in [2.75, 3.05) is 0 Å². The van der Waals surface area contributed by atoms with E-state index in [9.17, 15) is 0 Å². The van der Waals surface area contributed by atoms with Crippen LogP contribution in [-0.2, 0) is 6.54 Å². The van der Waals surface area contributed by atoms with Gasteiger partial charge in [0, 0.05) is 24.0 Å². The average Bonchev–Trinajstić information content (AvgIpc) is 2.55. The third-order valence-corrected chi connectivity index (χ3v) is 2.42. The number of nitrogens with two attached hydrogens (primary N) is 1. The molecule has 0 saturated carbocycles. The van der Waals surface area contributed by atoms with Crippen molar-refractivity contribution in [3.63, 3.8) is 0 Å². The predicted octanol–water partition coefficient (Wildman–Crippen LogP) is 0.738. The zero-order valence-corrected chi connectivity index (χ0v) is 8.81. The van der Waals surface area contributed by atoms with Gasteiger partial charge in [-0.25, -0.2) is 4.68 Å². The van der Waals surface area contributed by atoms with Gasteiger partial charge in [-0.2, -0.15) is 10.2 Å². The molecule has 0 fully saturated rings. The second-order valence-electron chi connectivity index (χ2n) is 3.35. The molecule has 78 valence electrons. The molecule has 0 radical (unpaired) electrons. The van der Waals surface area contributed by atoms with E-state index in [1.54, 1.807) is 10.9 Å². The molecule has 0 spiro atoms. The fourth-order valence-electron chi connectivity index (χ4n) is 1.60. The molecule has 0 aliphatic rings. The second-order valence-corrected chi connectivity index (χ2v) is 3.35. The van der Waals surface area contributed by atoms with Crippen molar-refractivity contribution in [3.05, 3.63) is 35.3 Å². The minimum atomic E-state index is 0.498. The molecule has 0 unspecified atom stereocenters. The highest BCUT2D eigenvalue weighted by atomic mass is 15.3. The highest BCUT2D eigenvalue weighted by molar-refractivity contribution is 5.31. The number of aromatic nitrogens is 4. The van der Waals surface area contributed by atoms with Crippen molar-refractivity contribution in [1.29, 1.82) is 0 Å². The van der Waals surface area contributed by atoms with Crippen LogP contribution in [0.25, 0.3) is 5.82 Å². The van der Waals surface area contributed by atoms with Crippen LogP contribution in [0.5, 0.6) is 0 Å². The van der Waals surface area contributed by atoms with Crippen molar-refractivity contribution in [2.24, 2.45) is 5.73 Å². The van der Waals surface area contributed by atoms with Crippen LogP contribution in [0, 0.1) is 13.8 Å². The zero-order valence-electron chi connectivity index (χ0n) is 8.81. The second kappa shape index (κ2) is 3.78. The quantitative estimate of drug-likeness (QED) is 0.781. The smallest absolute Gasteiger partial charge is 0.175 e. The van der Waals surface area contributed by atoms with Gasteiger partial charge in [0.2, 0.25) is 0 Å². The number of nitrogens with zero attached hydrogens (tertiary/aromatic N) is 4. The zero-order chi connectivity index (χ0) is 10.8. The Kier molecular flexibility index (Phi) is 2.47. The van der Waals surface area contributed by atoms with E-state index in [0.717, 1.165) is 22.8 Å². The molecule has 5 nitrogen and oxygen atoms in total. The summed E-state index contributed by atoms with van der Waals surface area (Å²) in [5.74, 6) is 0.720. The molecule has 2 heterocycles. The first kappa shape index (κ1) is 9.79. The Labute approximate surface area is 87.9 Å². The van der Waals surface area contributed by atoms with Crippen LogP contribution >= 0.6 is 0 Å². The van der Waals surface area contributed by atoms with Gasteiger partial charge in [-0.1, -0.05) is 0 Å². The van der Waals surface area contributed by atoms with Gasteiger partial charge < -0.3 is 5.73 Å². The lowest BCUT2D eigenvalue weighted by Crippen LogP contribution is -2.04. The van der Waals surface area contributed by atoms with E-state index in [0.29, 0.717) is 6.54 Å². The number of hydrogen-bond acceptors (Lipinski definition) is 4. The van der Waals surface area contributed by atoms with Gasteiger partial charge in [-0.05, 0) is 26.0 Å².